The number of methoxy groups -OCH3 is 1. The third kappa shape index (κ3) is 4.80. The Balaban J connectivity index is 2.57. The molecule has 1 aromatic heterocycles. The Labute approximate surface area is 110 Å². The molecule has 0 saturated carbocycles. The van der Waals surface area contributed by atoms with Gasteiger partial charge >= 0.3 is 0 Å². The zero-order chi connectivity index (χ0) is 13.4. The Kier molecular flexibility index (Phi) is 7.01. The van der Waals surface area contributed by atoms with Crippen molar-refractivity contribution in [3.8, 4) is 0 Å². The molecule has 1 aromatic rings. The summed E-state index contributed by atoms with van der Waals surface area (Å²) in [5.74, 6) is 1.02. The minimum atomic E-state index is 0.540. The normalized spacial score (nSPS) is 13.2. The van der Waals surface area contributed by atoms with E-state index in [1.54, 1.807) is 7.11 Å². The fourth-order valence-corrected chi connectivity index (χ4v) is 1.93. The standard InChI is InChI=1S/C14H26N2O2/c1-5-12(2)16(6-7-17-4)10-14-8-13(9-15-3)11-18-14/h8,11-12,15H,5-7,9-10H2,1-4H3. The first-order valence-corrected chi connectivity index (χ1v) is 6.65. The summed E-state index contributed by atoms with van der Waals surface area (Å²) >= 11 is 0. The first-order valence-electron chi connectivity index (χ1n) is 6.65. The highest BCUT2D eigenvalue weighted by Gasteiger charge is 2.14. The van der Waals surface area contributed by atoms with E-state index in [-0.39, 0.29) is 0 Å². The highest BCUT2D eigenvalue weighted by molar-refractivity contribution is 5.12. The summed E-state index contributed by atoms with van der Waals surface area (Å²) in [6, 6.07) is 2.66. The van der Waals surface area contributed by atoms with E-state index >= 15 is 0 Å². The third-order valence-corrected chi connectivity index (χ3v) is 3.24. The molecule has 1 rings (SSSR count). The average Bonchev–Trinajstić information content (AvgIpc) is 2.81. The lowest BCUT2D eigenvalue weighted by Gasteiger charge is -2.27. The van der Waals surface area contributed by atoms with Crippen LogP contribution >= 0.6 is 0 Å². The van der Waals surface area contributed by atoms with E-state index in [4.69, 9.17) is 9.15 Å². The molecule has 0 aliphatic rings. The third-order valence-electron chi connectivity index (χ3n) is 3.24. The van der Waals surface area contributed by atoms with Crippen LogP contribution in [-0.4, -0.2) is 38.3 Å². The van der Waals surface area contributed by atoms with Crippen molar-refractivity contribution in [3.63, 3.8) is 0 Å². The molecule has 1 heterocycles. The van der Waals surface area contributed by atoms with E-state index in [0.29, 0.717) is 6.04 Å². The predicted molar refractivity (Wildman–Crippen MR) is 73.5 cm³/mol. The second kappa shape index (κ2) is 8.29. The Morgan fingerprint density at radius 3 is 2.89 bits per heavy atom. The van der Waals surface area contributed by atoms with E-state index < -0.39 is 0 Å². The van der Waals surface area contributed by atoms with Gasteiger partial charge in [-0.2, -0.15) is 0 Å². The van der Waals surface area contributed by atoms with E-state index in [1.165, 1.54) is 5.56 Å². The molecule has 0 saturated heterocycles. The second-order valence-corrected chi connectivity index (χ2v) is 4.67. The number of furan rings is 1. The van der Waals surface area contributed by atoms with Crippen LogP contribution in [0, 0.1) is 0 Å². The largest absolute Gasteiger partial charge is 0.468 e. The molecule has 0 radical (unpaired) electrons. The molecule has 0 aromatic carbocycles. The summed E-state index contributed by atoms with van der Waals surface area (Å²) in [6.45, 7) is 7.85. The topological polar surface area (TPSA) is 37.6 Å². The van der Waals surface area contributed by atoms with Gasteiger partial charge in [0.2, 0.25) is 0 Å². The summed E-state index contributed by atoms with van der Waals surface area (Å²) in [6.07, 6.45) is 2.96. The van der Waals surface area contributed by atoms with Crippen molar-refractivity contribution in [2.24, 2.45) is 0 Å². The molecule has 0 aliphatic carbocycles. The molecule has 0 amide bonds. The number of nitrogens with one attached hydrogen (secondary N) is 1. The molecule has 1 atom stereocenters. The van der Waals surface area contributed by atoms with E-state index in [2.05, 4.69) is 30.1 Å². The summed E-state index contributed by atoms with van der Waals surface area (Å²) in [5.41, 5.74) is 1.20. The summed E-state index contributed by atoms with van der Waals surface area (Å²) in [5, 5.41) is 3.13. The van der Waals surface area contributed by atoms with Gasteiger partial charge in [-0.1, -0.05) is 6.92 Å². The first-order chi connectivity index (χ1) is 8.71. The highest BCUT2D eigenvalue weighted by Crippen LogP contribution is 2.13. The molecule has 1 unspecified atom stereocenters. The summed E-state index contributed by atoms with van der Waals surface area (Å²) in [7, 11) is 3.68. The van der Waals surface area contributed by atoms with Crippen LogP contribution in [0.25, 0.3) is 0 Å². The van der Waals surface area contributed by atoms with Crippen LogP contribution in [0.4, 0.5) is 0 Å². The molecule has 104 valence electrons. The van der Waals surface area contributed by atoms with Crippen LogP contribution in [-0.2, 0) is 17.8 Å². The molecule has 1 N–H and O–H groups in total. The first kappa shape index (κ1) is 15.2. The van der Waals surface area contributed by atoms with Crippen molar-refractivity contribution < 1.29 is 9.15 Å². The second-order valence-electron chi connectivity index (χ2n) is 4.67. The highest BCUT2D eigenvalue weighted by atomic mass is 16.5. The molecule has 0 bridgehead atoms. The van der Waals surface area contributed by atoms with Gasteiger partial charge in [-0.15, -0.1) is 0 Å². The van der Waals surface area contributed by atoms with Gasteiger partial charge in [0.15, 0.2) is 0 Å². The molecule has 4 nitrogen and oxygen atoms in total. The van der Waals surface area contributed by atoms with Crippen LogP contribution in [0.3, 0.4) is 0 Å². The van der Waals surface area contributed by atoms with Crippen molar-refractivity contribution in [1.82, 2.24) is 10.2 Å². The van der Waals surface area contributed by atoms with E-state index in [9.17, 15) is 0 Å². The maximum absolute atomic E-state index is 5.60. The van der Waals surface area contributed by atoms with Gasteiger partial charge in [0.05, 0.1) is 19.4 Å². The van der Waals surface area contributed by atoms with Crippen LogP contribution in [0.5, 0.6) is 0 Å². The molecule has 4 heteroatoms. The molecule has 0 aliphatic heterocycles. The minimum Gasteiger partial charge on any atom is -0.468 e. The Bertz CT molecular complexity index is 325. The van der Waals surface area contributed by atoms with Crippen molar-refractivity contribution in [2.75, 3.05) is 27.3 Å². The van der Waals surface area contributed by atoms with Crippen LogP contribution in [0.2, 0.25) is 0 Å². The van der Waals surface area contributed by atoms with Gasteiger partial charge in [-0.25, -0.2) is 0 Å². The van der Waals surface area contributed by atoms with Crippen LogP contribution in [0.15, 0.2) is 16.7 Å². The van der Waals surface area contributed by atoms with Gasteiger partial charge in [0.1, 0.15) is 5.76 Å². The van der Waals surface area contributed by atoms with Crippen molar-refractivity contribution in [3.05, 3.63) is 23.7 Å². The van der Waals surface area contributed by atoms with Gasteiger partial charge in [0, 0.05) is 31.8 Å². The smallest absolute Gasteiger partial charge is 0.118 e. The van der Waals surface area contributed by atoms with Crippen molar-refractivity contribution in [1.29, 1.82) is 0 Å². The van der Waals surface area contributed by atoms with Crippen LogP contribution in [0.1, 0.15) is 31.6 Å². The zero-order valence-corrected chi connectivity index (χ0v) is 12.0. The van der Waals surface area contributed by atoms with Crippen LogP contribution < -0.4 is 5.32 Å². The Hall–Kier alpha value is -0.840. The van der Waals surface area contributed by atoms with Gasteiger partial charge < -0.3 is 14.5 Å². The molecule has 18 heavy (non-hydrogen) atoms. The van der Waals surface area contributed by atoms with Gasteiger partial charge in [-0.05, 0) is 26.5 Å². The lowest BCUT2D eigenvalue weighted by molar-refractivity contribution is 0.112. The molecule has 0 fully saturated rings. The minimum absolute atomic E-state index is 0.540. The van der Waals surface area contributed by atoms with Gasteiger partial charge in [0.25, 0.3) is 0 Å². The average molecular weight is 254 g/mol. The number of hydrogen-bond donors (Lipinski definition) is 1. The molecule has 0 spiro atoms. The maximum Gasteiger partial charge on any atom is 0.118 e. The lowest BCUT2D eigenvalue weighted by Crippen LogP contribution is -2.34. The summed E-state index contributed by atoms with van der Waals surface area (Å²) in [4.78, 5) is 2.39. The number of rotatable bonds is 9. The quantitative estimate of drug-likeness (QED) is 0.733. The monoisotopic (exact) mass is 254 g/mol. The Morgan fingerprint density at radius 2 is 2.28 bits per heavy atom. The fourth-order valence-electron chi connectivity index (χ4n) is 1.93. The zero-order valence-electron chi connectivity index (χ0n) is 12.0. The van der Waals surface area contributed by atoms with Crippen molar-refractivity contribution in [2.45, 2.75) is 39.4 Å². The molecular weight excluding hydrogens is 228 g/mol. The van der Waals surface area contributed by atoms with E-state index in [0.717, 1.165) is 38.4 Å². The number of ether oxygens (including phenoxy) is 1. The summed E-state index contributed by atoms with van der Waals surface area (Å²) < 4.78 is 10.8. The van der Waals surface area contributed by atoms with Crippen molar-refractivity contribution >= 4 is 0 Å². The Morgan fingerprint density at radius 1 is 1.50 bits per heavy atom. The predicted octanol–water partition coefficient (Wildman–Crippen LogP) is 2.25. The maximum atomic E-state index is 5.60. The van der Waals surface area contributed by atoms with E-state index in [1.807, 2.05) is 13.3 Å². The number of hydrogen-bond acceptors (Lipinski definition) is 4. The molecular formula is C14H26N2O2. The number of nitrogens with zero attached hydrogens (tertiary/aromatic N) is 1. The fraction of sp³-hybridized carbons (Fsp3) is 0.714. The SMILES string of the molecule is CCC(C)N(CCOC)Cc1cc(CNC)co1. The van der Waals surface area contributed by atoms with Gasteiger partial charge in [-0.3, -0.25) is 4.90 Å². The lowest BCUT2D eigenvalue weighted by atomic mass is 10.2.